The van der Waals surface area contributed by atoms with Gasteiger partial charge in [-0.15, -0.1) is 0 Å². The highest BCUT2D eigenvalue weighted by molar-refractivity contribution is 8.03. The highest BCUT2D eigenvalue weighted by Gasteiger charge is 2.05. The summed E-state index contributed by atoms with van der Waals surface area (Å²) in [5, 5.41) is 10.6. The lowest BCUT2D eigenvalue weighted by atomic mass is 10.0. The average molecular weight is 400 g/mol. The molecule has 3 aromatic rings. The first-order valence-electron chi connectivity index (χ1n) is 9.76. The highest BCUT2D eigenvalue weighted by Crippen LogP contribution is 2.27. The number of hydrogen-bond acceptors (Lipinski definition) is 2. The van der Waals surface area contributed by atoms with E-state index >= 15 is 0 Å². The zero-order chi connectivity index (χ0) is 20.5. The molecule has 1 nitrogen and oxygen atoms in total. The Morgan fingerprint density at radius 3 is 2.03 bits per heavy atom. The van der Waals surface area contributed by atoms with Gasteiger partial charge >= 0.3 is 0 Å². The third-order valence-corrected chi connectivity index (χ3v) is 5.32. The molecule has 0 aromatic heterocycles. The summed E-state index contributed by atoms with van der Waals surface area (Å²) in [4.78, 5) is 0.343. The van der Waals surface area contributed by atoms with E-state index in [9.17, 15) is 4.39 Å². The topological polar surface area (TPSA) is 23.8 Å². The van der Waals surface area contributed by atoms with Gasteiger partial charge in [-0.3, -0.25) is 0 Å². The first-order chi connectivity index (χ1) is 14.2. The predicted octanol–water partition coefficient (Wildman–Crippen LogP) is 7.20. The third kappa shape index (κ3) is 5.98. The van der Waals surface area contributed by atoms with Gasteiger partial charge in [-0.1, -0.05) is 61.9 Å². The van der Waals surface area contributed by atoms with Crippen molar-refractivity contribution in [2.45, 2.75) is 37.5 Å². The summed E-state index contributed by atoms with van der Waals surface area (Å²) in [6.07, 6.45) is 4.87. The zero-order valence-electron chi connectivity index (χ0n) is 16.4. The van der Waals surface area contributed by atoms with Crippen molar-refractivity contribution < 1.29 is 4.39 Å². The molecule has 3 aromatic carbocycles. The number of halogens is 1. The minimum absolute atomic E-state index is 0.343. The maximum atomic E-state index is 14.0. The first kappa shape index (κ1) is 20.7. The number of benzene rings is 3. The van der Waals surface area contributed by atoms with E-state index < -0.39 is 0 Å². The second-order valence-electron chi connectivity index (χ2n) is 6.82. The zero-order valence-corrected chi connectivity index (χ0v) is 17.2. The van der Waals surface area contributed by atoms with Crippen LogP contribution in [-0.4, -0.2) is 0 Å². The molecule has 0 aliphatic carbocycles. The van der Waals surface area contributed by atoms with Crippen molar-refractivity contribution in [1.82, 2.24) is 0 Å². The van der Waals surface area contributed by atoms with Crippen molar-refractivity contribution in [1.29, 1.82) is 5.26 Å². The number of rotatable bonds is 6. The van der Waals surface area contributed by atoms with Crippen LogP contribution in [0.1, 0.15) is 42.9 Å². The largest absolute Gasteiger partial charge is 0.206 e. The van der Waals surface area contributed by atoms with Crippen LogP contribution < -0.4 is 0 Å². The van der Waals surface area contributed by atoms with Crippen LogP contribution in [0.25, 0.3) is 11.1 Å². The molecule has 0 radical (unpaired) electrons. The smallest absolute Gasteiger partial charge is 0.138 e. The first-order valence-corrected chi connectivity index (χ1v) is 10.6. The number of nitrogens with zero attached hydrogens (tertiary/aromatic N) is 1. The van der Waals surface area contributed by atoms with E-state index in [1.807, 2.05) is 35.7 Å². The molecule has 0 saturated heterocycles. The number of unbranched alkanes of at least 4 members (excludes halogenated alkanes) is 2. The van der Waals surface area contributed by atoms with E-state index in [-0.39, 0.29) is 5.82 Å². The van der Waals surface area contributed by atoms with Gasteiger partial charge in [0, 0.05) is 11.1 Å². The quantitative estimate of drug-likeness (QED) is 0.189. The van der Waals surface area contributed by atoms with Gasteiger partial charge in [-0.2, -0.15) is 5.26 Å². The Bertz CT molecular complexity index is 1050. The molecule has 3 heteroatoms. The van der Waals surface area contributed by atoms with Crippen LogP contribution in [0.2, 0.25) is 0 Å². The molecular weight excluding hydrogens is 377 g/mol. The Morgan fingerprint density at radius 1 is 0.828 bits per heavy atom. The number of thiocyanates is 1. The predicted molar refractivity (Wildman–Crippen MR) is 119 cm³/mol. The third-order valence-electron chi connectivity index (χ3n) is 4.68. The van der Waals surface area contributed by atoms with Gasteiger partial charge in [0.1, 0.15) is 11.2 Å². The summed E-state index contributed by atoms with van der Waals surface area (Å²) < 4.78 is 14.0. The number of aryl methyl sites for hydroxylation is 1. The van der Waals surface area contributed by atoms with Gasteiger partial charge in [0.15, 0.2) is 0 Å². The molecular formula is C26H22FNS. The van der Waals surface area contributed by atoms with Crippen molar-refractivity contribution in [2.75, 3.05) is 0 Å². The number of nitriles is 1. The lowest BCUT2D eigenvalue weighted by Crippen LogP contribution is -1.86. The number of hydrogen-bond donors (Lipinski definition) is 0. The molecule has 0 unspecified atom stereocenters. The molecule has 0 fully saturated rings. The van der Waals surface area contributed by atoms with Crippen LogP contribution in [0.15, 0.2) is 71.6 Å². The Morgan fingerprint density at radius 2 is 1.45 bits per heavy atom. The van der Waals surface area contributed by atoms with Gasteiger partial charge in [0.25, 0.3) is 0 Å². The Kier molecular flexibility index (Phi) is 7.51. The molecule has 0 aliphatic rings. The normalized spacial score (nSPS) is 10.1. The molecule has 3 rings (SSSR count). The van der Waals surface area contributed by atoms with E-state index in [4.69, 9.17) is 5.26 Å². The molecule has 0 N–H and O–H groups in total. The summed E-state index contributed by atoms with van der Waals surface area (Å²) in [6, 6.07) is 21.1. The van der Waals surface area contributed by atoms with E-state index in [2.05, 4.69) is 43.0 Å². The fourth-order valence-corrected chi connectivity index (χ4v) is 3.43. The molecule has 0 saturated carbocycles. The second kappa shape index (κ2) is 10.5. The summed E-state index contributed by atoms with van der Waals surface area (Å²) >= 11 is 0.831. The SMILES string of the molecule is CCCCCc1ccc(C#Cc2ccc(-c3ccc(SC#N)c(F)c3)cc2)cc1. The molecule has 0 bridgehead atoms. The molecule has 29 heavy (non-hydrogen) atoms. The van der Waals surface area contributed by atoms with Crippen molar-refractivity contribution in [3.05, 3.63) is 89.2 Å². The number of thioether (sulfide) groups is 1. The lowest BCUT2D eigenvalue weighted by Gasteiger charge is -2.04. The van der Waals surface area contributed by atoms with E-state index in [1.54, 1.807) is 6.07 Å². The van der Waals surface area contributed by atoms with Crippen LogP contribution in [0.4, 0.5) is 4.39 Å². The summed E-state index contributed by atoms with van der Waals surface area (Å²) in [7, 11) is 0. The lowest BCUT2D eigenvalue weighted by molar-refractivity contribution is 0.603. The van der Waals surface area contributed by atoms with Crippen LogP contribution >= 0.6 is 11.8 Å². The van der Waals surface area contributed by atoms with Crippen molar-refractivity contribution >= 4 is 11.8 Å². The van der Waals surface area contributed by atoms with Crippen molar-refractivity contribution in [2.24, 2.45) is 0 Å². The molecule has 0 amide bonds. The monoisotopic (exact) mass is 399 g/mol. The minimum Gasteiger partial charge on any atom is -0.206 e. The van der Waals surface area contributed by atoms with Crippen LogP contribution in [0.3, 0.4) is 0 Å². The molecule has 0 spiro atoms. The minimum atomic E-state index is -0.379. The summed E-state index contributed by atoms with van der Waals surface area (Å²) in [5.74, 6) is 6.01. The molecule has 0 aliphatic heterocycles. The van der Waals surface area contributed by atoms with Crippen molar-refractivity contribution in [3.8, 4) is 28.4 Å². The van der Waals surface area contributed by atoms with Crippen molar-refractivity contribution in [3.63, 3.8) is 0 Å². The average Bonchev–Trinajstić information content (AvgIpc) is 2.75. The van der Waals surface area contributed by atoms with Gasteiger partial charge < -0.3 is 0 Å². The Balaban J connectivity index is 1.67. The summed E-state index contributed by atoms with van der Waals surface area (Å²) in [5.41, 5.74) is 4.97. The van der Waals surface area contributed by atoms with Gasteiger partial charge in [-0.05, 0) is 77.7 Å². The Labute approximate surface area is 176 Å². The second-order valence-corrected chi connectivity index (χ2v) is 7.65. The van der Waals surface area contributed by atoms with Gasteiger partial charge in [0.2, 0.25) is 0 Å². The van der Waals surface area contributed by atoms with Crippen LogP contribution in [0, 0.1) is 28.3 Å². The summed E-state index contributed by atoms with van der Waals surface area (Å²) in [6.45, 7) is 2.22. The maximum Gasteiger partial charge on any atom is 0.138 e. The maximum absolute atomic E-state index is 14.0. The van der Waals surface area contributed by atoms with Crippen LogP contribution in [0.5, 0.6) is 0 Å². The van der Waals surface area contributed by atoms with E-state index in [0.29, 0.717) is 4.90 Å². The molecule has 144 valence electrons. The van der Waals surface area contributed by atoms with Crippen LogP contribution in [-0.2, 0) is 6.42 Å². The molecule has 0 atom stereocenters. The molecule has 0 heterocycles. The Hall–Kier alpha value is -3.01. The van der Waals surface area contributed by atoms with E-state index in [0.717, 1.165) is 40.4 Å². The van der Waals surface area contributed by atoms with Gasteiger partial charge in [0.05, 0.1) is 4.90 Å². The van der Waals surface area contributed by atoms with Gasteiger partial charge in [-0.25, -0.2) is 4.39 Å². The standard InChI is InChI=1S/C26H22FNS/c1-2-3-4-5-20-6-8-21(9-7-20)10-11-22-12-14-23(15-13-22)24-16-17-26(29-19-28)25(27)18-24/h6-9,12-18H,2-5H2,1H3. The highest BCUT2D eigenvalue weighted by atomic mass is 32.2. The van der Waals surface area contributed by atoms with E-state index in [1.165, 1.54) is 30.9 Å². The fourth-order valence-electron chi connectivity index (χ4n) is 3.04. The fraction of sp³-hybridized carbons (Fsp3) is 0.192.